The van der Waals surface area contributed by atoms with Gasteiger partial charge in [0.2, 0.25) is 0 Å². The minimum atomic E-state index is -2.26. The van der Waals surface area contributed by atoms with Gasteiger partial charge in [0.15, 0.2) is 0 Å². The molecule has 0 saturated carbocycles. The van der Waals surface area contributed by atoms with E-state index in [1.165, 1.54) is 57.0 Å². The van der Waals surface area contributed by atoms with Crippen LogP contribution < -0.4 is 4.90 Å². The summed E-state index contributed by atoms with van der Waals surface area (Å²) in [5.41, 5.74) is 1.14. The monoisotopic (exact) mass is 442 g/mol. The molecule has 1 atom stereocenters. The fraction of sp³-hybridized carbons (Fsp3) is 0.714. The van der Waals surface area contributed by atoms with E-state index in [0.717, 1.165) is 18.7 Å². The molecule has 148 valence electrons. The normalized spacial score (nSPS) is 19.5. The van der Waals surface area contributed by atoms with Gasteiger partial charge in [-0.2, -0.15) is 0 Å². The molecule has 1 saturated heterocycles. The molecule has 0 aromatic carbocycles. The summed E-state index contributed by atoms with van der Waals surface area (Å²) in [6.07, 6.45) is 15.6. The van der Waals surface area contributed by atoms with Crippen molar-refractivity contribution in [3.63, 3.8) is 0 Å². The van der Waals surface area contributed by atoms with Crippen LogP contribution in [-0.4, -0.2) is 41.6 Å². The second-order valence-electron chi connectivity index (χ2n) is 7.91. The number of anilines is 1. The molecule has 1 unspecified atom stereocenters. The molecule has 2 heterocycles. The number of hydrogen-bond acceptors (Lipinski definition) is 2. The molecule has 0 N–H and O–H groups in total. The Bertz CT molecular complexity index is 556. The van der Waals surface area contributed by atoms with Crippen molar-refractivity contribution in [3.8, 4) is 0 Å². The number of pyridine rings is 1. The number of nitrogens with zero attached hydrogens (tertiary/aromatic N) is 2. The van der Waals surface area contributed by atoms with Crippen LogP contribution in [0.1, 0.15) is 65.7 Å². The number of halogens is 1. The molecule has 5 heteroatoms. The van der Waals surface area contributed by atoms with Crippen LogP contribution in [0.15, 0.2) is 24.5 Å². The van der Waals surface area contributed by atoms with Gasteiger partial charge < -0.3 is 0 Å². The summed E-state index contributed by atoms with van der Waals surface area (Å²) in [7, 11) is 0. The Balaban J connectivity index is 2.35. The first kappa shape index (κ1) is 21.8. The van der Waals surface area contributed by atoms with Gasteiger partial charge in [0.1, 0.15) is 0 Å². The van der Waals surface area contributed by atoms with Gasteiger partial charge in [-0.3, -0.25) is 0 Å². The number of rotatable bonds is 11. The van der Waals surface area contributed by atoms with E-state index in [1.807, 2.05) is 23.2 Å². The molecule has 1 aliphatic rings. The zero-order chi connectivity index (χ0) is 19.1. The van der Waals surface area contributed by atoms with Crippen molar-refractivity contribution in [1.82, 2.24) is 4.98 Å². The van der Waals surface area contributed by atoms with Gasteiger partial charge in [0.05, 0.1) is 0 Å². The van der Waals surface area contributed by atoms with Crippen molar-refractivity contribution in [3.05, 3.63) is 24.5 Å². The Hall–Kier alpha value is -0.470. The second-order valence-corrected chi connectivity index (χ2v) is 19.0. The van der Waals surface area contributed by atoms with Crippen LogP contribution in [0.4, 0.5) is 5.69 Å². The van der Waals surface area contributed by atoms with Crippen LogP contribution in [0.2, 0.25) is 0 Å². The standard InChI is InChI=1S/C21H36BrN2OP/c1-4-7-15-26(22,16-8-5-2,17-9-6-3)20-12-14-24(21(20)25)19-11-10-13-23-18-19/h10-11,13,18,20H,4-9,12,14-17H2,1-3H3. The zero-order valence-corrected chi connectivity index (χ0v) is 19.3. The van der Waals surface area contributed by atoms with Crippen LogP contribution >= 0.6 is 20.8 Å². The predicted molar refractivity (Wildman–Crippen MR) is 120 cm³/mol. The van der Waals surface area contributed by atoms with Crippen LogP contribution in [-0.2, 0) is 4.79 Å². The van der Waals surface area contributed by atoms with E-state index in [9.17, 15) is 4.79 Å². The average molecular weight is 443 g/mol. The molecule has 0 aliphatic carbocycles. The van der Waals surface area contributed by atoms with E-state index in [-0.39, 0.29) is 5.66 Å². The maximum atomic E-state index is 13.5. The van der Waals surface area contributed by atoms with Gasteiger partial charge in [0, 0.05) is 0 Å². The molecule has 0 bridgehead atoms. The van der Waals surface area contributed by atoms with Crippen molar-refractivity contribution in [1.29, 1.82) is 0 Å². The molecule has 1 aliphatic heterocycles. The third kappa shape index (κ3) is 4.68. The molecular weight excluding hydrogens is 407 g/mol. The number of carbonyl (C=O) groups is 1. The molecule has 1 fully saturated rings. The summed E-state index contributed by atoms with van der Waals surface area (Å²) >= 11 is 4.43. The van der Waals surface area contributed by atoms with Crippen LogP contribution in [0.25, 0.3) is 0 Å². The van der Waals surface area contributed by atoms with Gasteiger partial charge in [0.25, 0.3) is 0 Å². The number of hydrogen-bond donors (Lipinski definition) is 0. The molecule has 0 spiro atoms. The maximum absolute atomic E-state index is 13.5. The van der Waals surface area contributed by atoms with Gasteiger partial charge in [-0.05, 0) is 0 Å². The van der Waals surface area contributed by atoms with Crippen LogP contribution in [0.3, 0.4) is 0 Å². The van der Waals surface area contributed by atoms with E-state index in [1.54, 1.807) is 6.20 Å². The third-order valence-electron chi connectivity index (χ3n) is 6.04. The van der Waals surface area contributed by atoms with Gasteiger partial charge in [-0.15, -0.1) is 0 Å². The summed E-state index contributed by atoms with van der Waals surface area (Å²) in [5.74, 6) is 0.343. The summed E-state index contributed by atoms with van der Waals surface area (Å²) in [4.78, 5) is 19.8. The van der Waals surface area contributed by atoms with E-state index >= 15 is 0 Å². The predicted octanol–water partition coefficient (Wildman–Crippen LogP) is 6.45. The summed E-state index contributed by atoms with van der Waals surface area (Å²) in [6.45, 7) is 7.65. The van der Waals surface area contributed by atoms with Crippen molar-refractivity contribution in [2.45, 2.75) is 71.4 Å². The first-order valence-corrected chi connectivity index (χ1v) is 15.3. The number of aromatic nitrogens is 1. The minimum absolute atomic E-state index is 0.186. The quantitative estimate of drug-likeness (QED) is 0.368. The Morgan fingerprint density at radius 2 is 1.69 bits per heavy atom. The SMILES string of the molecule is CCCCP(Br)(CCCC)(CCCC)C1CCN(c2cccnc2)C1=O. The average Bonchev–Trinajstić information content (AvgIpc) is 3.07. The number of carbonyl (C=O) groups excluding carboxylic acids is 1. The van der Waals surface area contributed by atoms with E-state index in [0.29, 0.717) is 5.91 Å². The number of amides is 1. The van der Waals surface area contributed by atoms with E-state index < -0.39 is 5.31 Å². The molecule has 2 rings (SSSR count). The Kier molecular flexibility index (Phi) is 8.09. The van der Waals surface area contributed by atoms with Crippen molar-refractivity contribution in [2.75, 3.05) is 29.9 Å². The molecule has 0 radical (unpaired) electrons. The van der Waals surface area contributed by atoms with Gasteiger partial charge >= 0.3 is 168 Å². The molecule has 26 heavy (non-hydrogen) atoms. The Labute approximate surface area is 168 Å². The van der Waals surface area contributed by atoms with Crippen LogP contribution in [0, 0.1) is 0 Å². The summed E-state index contributed by atoms with van der Waals surface area (Å²) in [6, 6.07) is 3.94. The van der Waals surface area contributed by atoms with Crippen molar-refractivity contribution >= 4 is 32.4 Å². The van der Waals surface area contributed by atoms with E-state index in [2.05, 4.69) is 41.2 Å². The van der Waals surface area contributed by atoms with E-state index in [4.69, 9.17) is 0 Å². The fourth-order valence-electron chi connectivity index (χ4n) is 4.43. The third-order valence-corrected chi connectivity index (χ3v) is 16.9. The Morgan fingerprint density at radius 1 is 1.12 bits per heavy atom. The molecule has 1 aromatic rings. The molecule has 1 amide bonds. The summed E-state index contributed by atoms with van der Waals surface area (Å²) < 4.78 is 0. The molecular formula is C21H36BrN2OP. The van der Waals surface area contributed by atoms with Crippen molar-refractivity contribution < 1.29 is 4.79 Å². The van der Waals surface area contributed by atoms with Gasteiger partial charge in [-0.25, -0.2) is 0 Å². The molecule has 3 nitrogen and oxygen atoms in total. The number of unbranched alkanes of at least 4 members (excludes halogenated alkanes) is 3. The molecule has 1 aromatic heterocycles. The van der Waals surface area contributed by atoms with Gasteiger partial charge in [-0.1, -0.05) is 0 Å². The first-order chi connectivity index (χ1) is 12.5. The Morgan fingerprint density at radius 3 is 2.15 bits per heavy atom. The van der Waals surface area contributed by atoms with Crippen molar-refractivity contribution in [2.24, 2.45) is 0 Å². The van der Waals surface area contributed by atoms with Crippen LogP contribution in [0.5, 0.6) is 0 Å². The summed E-state index contributed by atoms with van der Waals surface area (Å²) in [5, 5.41) is -2.26. The second kappa shape index (κ2) is 9.64. The topological polar surface area (TPSA) is 33.2 Å². The fourth-order valence-corrected chi connectivity index (χ4v) is 14.1. The first-order valence-electron chi connectivity index (χ1n) is 10.4. The zero-order valence-electron chi connectivity index (χ0n) is 16.8.